The third-order valence-corrected chi connectivity index (χ3v) is 2.08. The van der Waals surface area contributed by atoms with Crippen LogP contribution in [0.15, 0.2) is 10.5 Å². The van der Waals surface area contributed by atoms with Gasteiger partial charge in [-0.2, -0.15) is 0 Å². The zero-order valence-corrected chi connectivity index (χ0v) is 7.79. The number of hydrogen-bond donors (Lipinski definition) is 2. The van der Waals surface area contributed by atoms with Crippen molar-refractivity contribution in [2.45, 2.75) is 32.9 Å². The fourth-order valence-electron chi connectivity index (χ4n) is 1.03. The Kier molecular flexibility index (Phi) is 2.55. The van der Waals surface area contributed by atoms with Crippen LogP contribution in [0.25, 0.3) is 0 Å². The van der Waals surface area contributed by atoms with Crippen molar-refractivity contribution in [1.82, 2.24) is 0 Å². The molecule has 68 valence electrons. The highest BCUT2D eigenvalue weighted by Gasteiger charge is 2.15. The zero-order chi connectivity index (χ0) is 9.30. The van der Waals surface area contributed by atoms with E-state index < -0.39 is 0 Å². The van der Waals surface area contributed by atoms with Gasteiger partial charge in [0, 0.05) is 6.04 Å². The topological polar surface area (TPSA) is 65.2 Å². The highest BCUT2D eigenvalue weighted by atomic mass is 16.3. The summed E-state index contributed by atoms with van der Waals surface area (Å²) in [5, 5.41) is 0. The molecule has 1 heterocycles. The van der Waals surface area contributed by atoms with Crippen LogP contribution in [0.4, 0.5) is 0 Å². The molecule has 1 rings (SSSR count). The monoisotopic (exact) mass is 168 g/mol. The number of nitrogens with two attached hydrogens (primary N) is 2. The summed E-state index contributed by atoms with van der Waals surface area (Å²) in [7, 11) is 0. The molecule has 1 aromatic rings. The fourth-order valence-corrected chi connectivity index (χ4v) is 1.03. The van der Waals surface area contributed by atoms with Gasteiger partial charge in [-0.05, 0) is 32.4 Å². The second kappa shape index (κ2) is 3.29. The lowest BCUT2D eigenvalue weighted by atomic mass is 10.1. The van der Waals surface area contributed by atoms with Crippen LogP contribution in [0.2, 0.25) is 0 Å². The van der Waals surface area contributed by atoms with Crippen LogP contribution < -0.4 is 11.5 Å². The van der Waals surface area contributed by atoms with Crippen molar-refractivity contribution in [3.8, 4) is 0 Å². The van der Waals surface area contributed by atoms with Crippen molar-refractivity contribution in [2.24, 2.45) is 11.5 Å². The molecular formula is C9H16N2O. The standard InChI is InChI=1S/C9H16N2O/c1-5-4-8(12-7(5)3)9(11)6(2)10/h4,6,9H,10-11H2,1-3H3/t6-,9+/m0/s1. The van der Waals surface area contributed by atoms with Gasteiger partial charge in [-0.25, -0.2) is 0 Å². The van der Waals surface area contributed by atoms with Gasteiger partial charge in [-0.3, -0.25) is 0 Å². The van der Waals surface area contributed by atoms with E-state index in [9.17, 15) is 0 Å². The number of hydrogen-bond acceptors (Lipinski definition) is 3. The summed E-state index contributed by atoms with van der Waals surface area (Å²) in [4.78, 5) is 0. The Morgan fingerprint density at radius 2 is 1.92 bits per heavy atom. The minimum absolute atomic E-state index is 0.0741. The van der Waals surface area contributed by atoms with Crippen molar-refractivity contribution in [3.63, 3.8) is 0 Å². The van der Waals surface area contributed by atoms with E-state index in [4.69, 9.17) is 15.9 Å². The van der Waals surface area contributed by atoms with Gasteiger partial charge in [0.15, 0.2) is 0 Å². The molecule has 4 N–H and O–H groups in total. The number of rotatable bonds is 2. The molecule has 0 aliphatic heterocycles. The summed E-state index contributed by atoms with van der Waals surface area (Å²) in [6.45, 7) is 5.79. The molecule has 0 aliphatic rings. The van der Waals surface area contributed by atoms with Gasteiger partial charge in [0.2, 0.25) is 0 Å². The zero-order valence-electron chi connectivity index (χ0n) is 7.79. The van der Waals surface area contributed by atoms with Gasteiger partial charge in [-0.15, -0.1) is 0 Å². The van der Waals surface area contributed by atoms with Crippen molar-refractivity contribution in [1.29, 1.82) is 0 Å². The second-order valence-electron chi connectivity index (χ2n) is 3.27. The Balaban J connectivity index is 2.89. The van der Waals surface area contributed by atoms with Gasteiger partial charge in [-0.1, -0.05) is 0 Å². The molecule has 0 saturated heterocycles. The van der Waals surface area contributed by atoms with E-state index in [0.29, 0.717) is 0 Å². The predicted octanol–water partition coefficient (Wildman–Crippen LogP) is 1.24. The summed E-state index contributed by atoms with van der Waals surface area (Å²) in [6, 6.07) is 1.68. The molecule has 3 heteroatoms. The molecule has 0 amide bonds. The molecule has 2 atom stereocenters. The molecule has 0 aromatic carbocycles. The summed E-state index contributed by atoms with van der Waals surface area (Å²) in [5.74, 6) is 1.70. The Morgan fingerprint density at radius 3 is 2.25 bits per heavy atom. The van der Waals surface area contributed by atoms with Crippen LogP contribution in [0.3, 0.4) is 0 Å². The quantitative estimate of drug-likeness (QED) is 0.698. The Bertz CT molecular complexity index is 246. The van der Waals surface area contributed by atoms with Crippen LogP contribution in [0.5, 0.6) is 0 Å². The molecular weight excluding hydrogens is 152 g/mol. The van der Waals surface area contributed by atoms with Crippen molar-refractivity contribution in [2.75, 3.05) is 0 Å². The van der Waals surface area contributed by atoms with Gasteiger partial charge < -0.3 is 15.9 Å². The van der Waals surface area contributed by atoms with Crippen molar-refractivity contribution >= 4 is 0 Å². The Morgan fingerprint density at radius 1 is 1.33 bits per heavy atom. The van der Waals surface area contributed by atoms with E-state index >= 15 is 0 Å². The van der Waals surface area contributed by atoms with E-state index in [2.05, 4.69) is 0 Å². The minimum atomic E-state index is -0.197. The molecule has 0 radical (unpaired) electrons. The summed E-state index contributed by atoms with van der Waals surface area (Å²) >= 11 is 0. The predicted molar refractivity (Wildman–Crippen MR) is 48.8 cm³/mol. The Labute approximate surface area is 72.7 Å². The maximum atomic E-state index is 5.80. The van der Waals surface area contributed by atoms with E-state index in [-0.39, 0.29) is 12.1 Å². The number of furan rings is 1. The van der Waals surface area contributed by atoms with Crippen molar-refractivity contribution in [3.05, 3.63) is 23.2 Å². The van der Waals surface area contributed by atoms with Crippen LogP contribution >= 0.6 is 0 Å². The first kappa shape index (κ1) is 9.29. The lowest BCUT2D eigenvalue weighted by Gasteiger charge is -2.11. The normalized spacial score (nSPS) is 16.1. The molecule has 0 saturated carbocycles. The Hall–Kier alpha value is -0.800. The maximum Gasteiger partial charge on any atom is 0.122 e. The average Bonchev–Trinajstić information content (AvgIpc) is 2.30. The summed E-state index contributed by atoms with van der Waals surface area (Å²) in [5.41, 5.74) is 12.6. The van der Waals surface area contributed by atoms with Gasteiger partial charge in [0.05, 0.1) is 6.04 Å². The molecule has 0 spiro atoms. The molecule has 0 unspecified atom stereocenters. The second-order valence-corrected chi connectivity index (χ2v) is 3.27. The van der Waals surface area contributed by atoms with E-state index in [0.717, 1.165) is 17.1 Å². The highest BCUT2D eigenvalue weighted by molar-refractivity contribution is 5.21. The molecule has 1 aromatic heterocycles. The number of aryl methyl sites for hydroxylation is 2. The van der Waals surface area contributed by atoms with Crippen LogP contribution in [-0.4, -0.2) is 6.04 Å². The minimum Gasteiger partial charge on any atom is -0.464 e. The lowest BCUT2D eigenvalue weighted by molar-refractivity contribution is 0.419. The summed E-state index contributed by atoms with van der Waals surface area (Å²) < 4.78 is 5.43. The molecule has 0 aliphatic carbocycles. The van der Waals surface area contributed by atoms with Gasteiger partial charge in [0.25, 0.3) is 0 Å². The molecule has 0 fully saturated rings. The first-order valence-corrected chi connectivity index (χ1v) is 4.10. The first-order valence-electron chi connectivity index (χ1n) is 4.10. The molecule has 0 bridgehead atoms. The SMILES string of the molecule is Cc1cc([C@H](N)[C@H](C)N)oc1C. The third-order valence-electron chi connectivity index (χ3n) is 2.08. The fraction of sp³-hybridized carbons (Fsp3) is 0.556. The third kappa shape index (κ3) is 1.68. The van der Waals surface area contributed by atoms with Gasteiger partial charge >= 0.3 is 0 Å². The average molecular weight is 168 g/mol. The lowest BCUT2D eigenvalue weighted by Crippen LogP contribution is -2.30. The largest absolute Gasteiger partial charge is 0.464 e. The van der Waals surface area contributed by atoms with E-state index in [1.165, 1.54) is 0 Å². The molecule has 12 heavy (non-hydrogen) atoms. The van der Waals surface area contributed by atoms with Crippen LogP contribution in [0.1, 0.15) is 30.0 Å². The van der Waals surface area contributed by atoms with E-state index in [1.54, 1.807) is 0 Å². The highest BCUT2D eigenvalue weighted by Crippen LogP contribution is 2.19. The smallest absolute Gasteiger partial charge is 0.122 e. The van der Waals surface area contributed by atoms with Crippen molar-refractivity contribution < 1.29 is 4.42 Å². The maximum absolute atomic E-state index is 5.80. The summed E-state index contributed by atoms with van der Waals surface area (Å²) in [6.07, 6.45) is 0. The van der Waals surface area contributed by atoms with E-state index in [1.807, 2.05) is 26.8 Å². The molecule has 3 nitrogen and oxygen atoms in total. The first-order chi connectivity index (χ1) is 5.52. The van der Waals surface area contributed by atoms with Crippen LogP contribution in [-0.2, 0) is 0 Å². The van der Waals surface area contributed by atoms with Gasteiger partial charge in [0.1, 0.15) is 11.5 Å². The van der Waals surface area contributed by atoms with Crippen LogP contribution in [0, 0.1) is 13.8 Å².